The molecule has 1 saturated heterocycles. The van der Waals surface area contributed by atoms with E-state index in [0.29, 0.717) is 19.0 Å². The first-order valence-electron chi connectivity index (χ1n) is 8.97. The number of rotatable bonds is 5. The number of nitrogens with zero attached hydrogens (tertiary/aromatic N) is 2. The van der Waals surface area contributed by atoms with Crippen LogP contribution in [0, 0.1) is 17.6 Å². The maximum absolute atomic E-state index is 13.5. The van der Waals surface area contributed by atoms with E-state index in [2.05, 4.69) is 5.32 Å². The standard InChI is InChI=1S/C18H22F2N4O3/c19-13-8-12(9-14(20)10-13)18(27)24-7-1-6-23(17(26)11-2-3-11)16(24)15(25)22-5-4-21/h8-11,16H,1-7,21H2,(H,22,25). The SMILES string of the molecule is NCCNC(=O)C1N(C(=O)c2cc(F)cc(F)c2)CCCN1C(=O)C1CC1. The first kappa shape index (κ1) is 19.2. The van der Waals surface area contributed by atoms with Crippen molar-refractivity contribution in [1.29, 1.82) is 0 Å². The molecule has 0 spiro atoms. The average molecular weight is 380 g/mol. The molecular weight excluding hydrogens is 358 g/mol. The zero-order valence-electron chi connectivity index (χ0n) is 14.8. The third kappa shape index (κ3) is 4.24. The van der Waals surface area contributed by atoms with Crippen molar-refractivity contribution in [2.75, 3.05) is 26.2 Å². The Balaban J connectivity index is 1.90. The molecule has 3 N–H and O–H groups in total. The van der Waals surface area contributed by atoms with Crippen molar-refractivity contribution in [3.63, 3.8) is 0 Å². The monoisotopic (exact) mass is 380 g/mol. The number of nitrogens with two attached hydrogens (primary N) is 1. The minimum absolute atomic E-state index is 0.128. The van der Waals surface area contributed by atoms with Gasteiger partial charge in [0.25, 0.3) is 11.8 Å². The summed E-state index contributed by atoms with van der Waals surface area (Å²) in [6.07, 6.45) is 0.838. The van der Waals surface area contributed by atoms with E-state index in [-0.39, 0.29) is 37.0 Å². The molecule has 1 aliphatic carbocycles. The smallest absolute Gasteiger partial charge is 0.263 e. The van der Waals surface area contributed by atoms with E-state index in [0.717, 1.165) is 25.0 Å². The molecule has 0 radical (unpaired) electrons. The second-order valence-corrected chi connectivity index (χ2v) is 6.77. The number of nitrogens with one attached hydrogen (secondary N) is 1. The topological polar surface area (TPSA) is 95.7 Å². The Bertz CT molecular complexity index is 734. The second-order valence-electron chi connectivity index (χ2n) is 6.77. The van der Waals surface area contributed by atoms with Crippen LogP contribution in [-0.4, -0.2) is 59.9 Å². The van der Waals surface area contributed by atoms with Crippen molar-refractivity contribution in [2.24, 2.45) is 11.7 Å². The number of hydrogen-bond acceptors (Lipinski definition) is 4. The lowest BCUT2D eigenvalue weighted by Crippen LogP contribution is -2.64. The minimum atomic E-state index is -1.16. The molecule has 1 atom stereocenters. The molecule has 1 aromatic carbocycles. The molecule has 0 bridgehead atoms. The Hall–Kier alpha value is -2.55. The summed E-state index contributed by atoms with van der Waals surface area (Å²) in [5.41, 5.74) is 5.21. The Morgan fingerprint density at radius 3 is 2.30 bits per heavy atom. The summed E-state index contributed by atoms with van der Waals surface area (Å²) in [7, 11) is 0. The van der Waals surface area contributed by atoms with Crippen molar-refractivity contribution in [1.82, 2.24) is 15.1 Å². The van der Waals surface area contributed by atoms with Crippen LogP contribution in [0.5, 0.6) is 0 Å². The van der Waals surface area contributed by atoms with Crippen LogP contribution in [0.3, 0.4) is 0 Å². The van der Waals surface area contributed by atoms with Gasteiger partial charge in [-0.3, -0.25) is 14.4 Å². The lowest BCUT2D eigenvalue weighted by Gasteiger charge is -2.43. The Morgan fingerprint density at radius 2 is 1.70 bits per heavy atom. The van der Waals surface area contributed by atoms with Crippen LogP contribution in [0.1, 0.15) is 29.6 Å². The maximum Gasteiger partial charge on any atom is 0.263 e. The number of hydrogen-bond donors (Lipinski definition) is 2. The molecule has 7 nitrogen and oxygen atoms in total. The van der Waals surface area contributed by atoms with Gasteiger partial charge in [0, 0.05) is 43.7 Å². The number of halogens is 2. The molecule has 1 saturated carbocycles. The van der Waals surface area contributed by atoms with E-state index in [9.17, 15) is 23.2 Å². The summed E-state index contributed by atoms with van der Waals surface area (Å²) in [6.45, 7) is 0.943. The summed E-state index contributed by atoms with van der Waals surface area (Å²) >= 11 is 0. The molecule has 0 aromatic heterocycles. The quantitative estimate of drug-likeness (QED) is 0.775. The number of amides is 3. The third-order valence-electron chi connectivity index (χ3n) is 4.65. The summed E-state index contributed by atoms with van der Waals surface area (Å²) in [5, 5.41) is 2.61. The highest BCUT2D eigenvalue weighted by Gasteiger charge is 2.44. The lowest BCUT2D eigenvalue weighted by atomic mass is 10.1. The summed E-state index contributed by atoms with van der Waals surface area (Å²) in [4.78, 5) is 40.8. The first-order chi connectivity index (χ1) is 12.9. The van der Waals surface area contributed by atoms with Gasteiger partial charge in [-0.15, -0.1) is 0 Å². The van der Waals surface area contributed by atoms with Gasteiger partial charge in [-0.05, 0) is 31.4 Å². The van der Waals surface area contributed by atoms with Crippen molar-refractivity contribution >= 4 is 17.7 Å². The fourth-order valence-corrected chi connectivity index (χ4v) is 3.25. The highest BCUT2D eigenvalue weighted by molar-refractivity contribution is 5.99. The van der Waals surface area contributed by atoms with E-state index in [1.54, 1.807) is 0 Å². The van der Waals surface area contributed by atoms with Crippen molar-refractivity contribution in [2.45, 2.75) is 25.4 Å². The Labute approximate surface area is 155 Å². The normalized spacial score (nSPS) is 19.7. The van der Waals surface area contributed by atoms with Crippen LogP contribution >= 0.6 is 0 Å². The minimum Gasteiger partial charge on any atom is -0.351 e. The second kappa shape index (κ2) is 7.99. The highest BCUT2D eigenvalue weighted by atomic mass is 19.1. The van der Waals surface area contributed by atoms with Crippen LogP contribution < -0.4 is 11.1 Å². The van der Waals surface area contributed by atoms with E-state index in [1.165, 1.54) is 9.80 Å². The van der Waals surface area contributed by atoms with Crippen molar-refractivity contribution in [3.8, 4) is 0 Å². The fraction of sp³-hybridized carbons (Fsp3) is 0.500. The number of carbonyl (C=O) groups is 3. The van der Waals surface area contributed by atoms with Gasteiger partial charge >= 0.3 is 0 Å². The summed E-state index contributed by atoms with van der Waals surface area (Å²) in [6, 6.07) is 2.51. The van der Waals surface area contributed by atoms with Gasteiger partial charge in [-0.1, -0.05) is 0 Å². The van der Waals surface area contributed by atoms with Crippen LogP contribution in [-0.2, 0) is 9.59 Å². The van der Waals surface area contributed by atoms with Gasteiger partial charge in [0.05, 0.1) is 0 Å². The first-order valence-corrected chi connectivity index (χ1v) is 8.97. The van der Waals surface area contributed by atoms with E-state index in [1.807, 2.05) is 0 Å². The molecule has 3 amide bonds. The van der Waals surface area contributed by atoms with E-state index >= 15 is 0 Å². The zero-order chi connectivity index (χ0) is 19.6. The molecule has 1 aliphatic heterocycles. The van der Waals surface area contributed by atoms with Gasteiger partial charge in [0.2, 0.25) is 5.91 Å². The largest absolute Gasteiger partial charge is 0.351 e. The Morgan fingerprint density at radius 1 is 1.07 bits per heavy atom. The molecule has 27 heavy (non-hydrogen) atoms. The molecule has 2 fully saturated rings. The van der Waals surface area contributed by atoms with Gasteiger partial charge in [-0.25, -0.2) is 8.78 Å². The van der Waals surface area contributed by atoms with Crippen LogP contribution in [0.2, 0.25) is 0 Å². The van der Waals surface area contributed by atoms with E-state index < -0.39 is 29.6 Å². The fourth-order valence-electron chi connectivity index (χ4n) is 3.25. The Kier molecular flexibility index (Phi) is 5.69. The van der Waals surface area contributed by atoms with Gasteiger partial charge in [0.15, 0.2) is 6.17 Å². The molecule has 1 aromatic rings. The molecular formula is C18H22F2N4O3. The van der Waals surface area contributed by atoms with Crippen LogP contribution in [0.15, 0.2) is 18.2 Å². The highest BCUT2D eigenvalue weighted by Crippen LogP contribution is 2.33. The zero-order valence-corrected chi connectivity index (χ0v) is 14.8. The molecule has 1 heterocycles. The predicted molar refractivity (Wildman–Crippen MR) is 92.3 cm³/mol. The molecule has 3 rings (SSSR count). The molecule has 9 heteroatoms. The third-order valence-corrected chi connectivity index (χ3v) is 4.65. The lowest BCUT2D eigenvalue weighted by molar-refractivity contribution is -0.150. The summed E-state index contributed by atoms with van der Waals surface area (Å²) < 4.78 is 27.1. The van der Waals surface area contributed by atoms with Gasteiger partial charge in [0.1, 0.15) is 11.6 Å². The van der Waals surface area contributed by atoms with Crippen molar-refractivity contribution in [3.05, 3.63) is 35.4 Å². The predicted octanol–water partition coefficient (Wildman–Crippen LogP) is 0.450. The van der Waals surface area contributed by atoms with Gasteiger partial charge < -0.3 is 20.9 Å². The maximum atomic E-state index is 13.5. The van der Waals surface area contributed by atoms with E-state index in [4.69, 9.17) is 5.73 Å². The summed E-state index contributed by atoms with van der Waals surface area (Å²) in [5.74, 6) is -3.30. The van der Waals surface area contributed by atoms with Crippen molar-refractivity contribution < 1.29 is 23.2 Å². The average Bonchev–Trinajstić information content (AvgIpc) is 3.48. The number of carbonyl (C=O) groups excluding carboxylic acids is 3. The molecule has 2 aliphatic rings. The van der Waals surface area contributed by atoms with Crippen LogP contribution in [0.25, 0.3) is 0 Å². The number of benzene rings is 1. The molecule has 1 unspecified atom stereocenters. The molecule has 146 valence electrons. The van der Waals surface area contributed by atoms with Gasteiger partial charge in [-0.2, -0.15) is 0 Å². The van der Waals surface area contributed by atoms with Crippen LogP contribution in [0.4, 0.5) is 8.78 Å².